The Labute approximate surface area is 105 Å². The molecule has 1 aliphatic heterocycles. The summed E-state index contributed by atoms with van der Waals surface area (Å²) in [5.41, 5.74) is 0.726. The van der Waals surface area contributed by atoms with Crippen LogP contribution in [0.5, 0.6) is 0 Å². The third-order valence-corrected chi connectivity index (χ3v) is 2.98. The number of carbonyl (C=O) groups excluding carboxylic acids is 2. The van der Waals surface area contributed by atoms with Crippen LogP contribution in [0.15, 0.2) is 24.3 Å². The van der Waals surface area contributed by atoms with Crippen molar-refractivity contribution in [2.24, 2.45) is 5.92 Å². The van der Waals surface area contributed by atoms with Crippen molar-refractivity contribution in [3.8, 4) is 0 Å². The molecule has 1 unspecified atom stereocenters. The van der Waals surface area contributed by atoms with Gasteiger partial charge in [0.05, 0.1) is 6.54 Å². The van der Waals surface area contributed by atoms with Gasteiger partial charge in [-0.2, -0.15) is 0 Å². The van der Waals surface area contributed by atoms with E-state index in [-0.39, 0.29) is 30.2 Å². The van der Waals surface area contributed by atoms with E-state index in [2.05, 4.69) is 5.32 Å². The number of halogens is 1. The Kier molecular flexibility index (Phi) is 3.32. The predicted octanol–water partition coefficient (Wildman–Crippen LogP) is 1.90. The van der Waals surface area contributed by atoms with Gasteiger partial charge in [0.1, 0.15) is 11.9 Å². The first-order valence-electron chi connectivity index (χ1n) is 5.85. The lowest BCUT2D eigenvalue weighted by Gasteiger charge is -2.14. The molecular formula is C13H15FN2O2. The van der Waals surface area contributed by atoms with Crippen LogP contribution in [0, 0.1) is 11.7 Å². The molecule has 1 aliphatic rings. The summed E-state index contributed by atoms with van der Waals surface area (Å²) < 4.78 is 12.8. The highest BCUT2D eigenvalue weighted by molar-refractivity contribution is 6.04. The second-order valence-corrected chi connectivity index (χ2v) is 4.72. The van der Waals surface area contributed by atoms with Gasteiger partial charge in [-0.25, -0.2) is 9.18 Å². The fourth-order valence-electron chi connectivity index (χ4n) is 1.91. The second-order valence-electron chi connectivity index (χ2n) is 4.72. The van der Waals surface area contributed by atoms with Crippen LogP contribution in [-0.4, -0.2) is 22.9 Å². The molecule has 1 aromatic rings. The van der Waals surface area contributed by atoms with E-state index in [0.29, 0.717) is 0 Å². The fraction of sp³-hybridized carbons (Fsp3) is 0.385. The zero-order chi connectivity index (χ0) is 13.3. The molecule has 0 aliphatic carbocycles. The zero-order valence-electron chi connectivity index (χ0n) is 10.3. The van der Waals surface area contributed by atoms with Crippen molar-refractivity contribution < 1.29 is 14.0 Å². The number of amides is 3. The summed E-state index contributed by atoms with van der Waals surface area (Å²) in [5.74, 6) is -0.505. The maximum atomic E-state index is 12.8. The van der Waals surface area contributed by atoms with E-state index in [1.807, 2.05) is 13.8 Å². The minimum Gasteiger partial charge on any atom is -0.326 e. The largest absolute Gasteiger partial charge is 0.326 e. The average Bonchev–Trinajstić information content (AvgIpc) is 2.60. The maximum Gasteiger partial charge on any atom is 0.325 e. The van der Waals surface area contributed by atoms with Crippen molar-refractivity contribution in [2.45, 2.75) is 26.4 Å². The molecule has 1 saturated heterocycles. The van der Waals surface area contributed by atoms with Crippen molar-refractivity contribution in [1.29, 1.82) is 0 Å². The van der Waals surface area contributed by atoms with E-state index in [1.54, 1.807) is 12.1 Å². The van der Waals surface area contributed by atoms with Gasteiger partial charge in [-0.1, -0.05) is 26.0 Å². The molecule has 1 heterocycles. The average molecular weight is 250 g/mol. The van der Waals surface area contributed by atoms with Crippen LogP contribution >= 0.6 is 0 Å². The Morgan fingerprint density at radius 2 is 1.89 bits per heavy atom. The van der Waals surface area contributed by atoms with Gasteiger partial charge >= 0.3 is 6.03 Å². The topological polar surface area (TPSA) is 49.4 Å². The zero-order valence-corrected chi connectivity index (χ0v) is 10.3. The van der Waals surface area contributed by atoms with Crippen molar-refractivity contribution in [3.05, 3.63) is 35.6 Å². The molecule has 18 heavy (non-hydrogen) atoms. The lowest BCUT2D eigenvalue weighted by molar-refractivity contribution is -0.128. The highest BCUT2D eigenvalue weighted by atomic mass is 19.1. The number of nitrogens with zero attached hydrogens (tertiary/aromatic N) is 1. The van der Waals surface area contributed by atoms with Gasteiger partial charge in [-0.05, 0) is 23.6 Å². The summed E-state index contributed by atoms with van der Waals surface area (Å²) in [6, 6.07) is 4.92. The van der Waals surface area contributed by atoms with E-state index in [9.17, 15) is 14.0 Å². The summed E-state index contributed by atoms with van der Waals surface area (Å²) in [7, 11) is 0. The molecule has 1 atom stereocenters. The van der Waals surface area contributed by atoms with Gasteiger partial charge in [-0.15, -0.1) is 0 Å². The lowest BCUT2D eigenvalue weighted by atomic mass is 10.0. The summed E-state index contributed by atoms with van der Waals surface area (Å²) >= 11 is 0. The molecule has 0 spiro atoms. The van der Waals surface area contributed by atoms with E-state index >= 15 is 0 Å². The molecular weight excluding hydrogens is 235 g/mol. The number of nitrogens with one attached hydrogen (secondary N) is 1. The molecule has 0 radical (unpaired) electrons. The van der Waals surface area contributed by atoms with Crippen LogP contribution < -0.4 is 5.32 Å². The van der Waals surface area contributed by atoms with Gasteiger partial charge in [0.2, 0.25) is 0 Å². The Morgan fingerprint density at radius 3 is 2.39 bits per heavy atom. The van der Waals surface area contributed by atoms with Crippen LogP contribution in [0.2, 0.25) is 0 Å². The third kappa shape index (κ3) is 2.34. The van der Waals surface area contributed by atoms with Crippen molar-refractivity contribution >= 4 is 11.9 Å². The van der Waals surface area contributed by atoms with Crippen LogP contribution in [0.4, 0.5) is 9.18 Å². The SMILES string of the molecule is CC(C)C1NC(=O)N(Cc2ccc(F)cc2)C1=O. The monoisotopic (exact) mass is 250 g/mol. The number of imide groups is 1. The summed E-state index contributed by atoms with van der Waals surface area (Å²) in [6.45, 7) is 3.93. The highest BCUT2D eigenvalue weighted by Gasteiger charge is 2.39. The number of rotatable bonds is 3. The molecule has 5 heteroatoms. The van der Waals surface area contributed by atoms with Crippen LogP contribution in [0.3, 0.4) is 0 Å². The first-order valence-corrected chi connectivity index (χ1v) is 5.85. The molecule has 0 aromatic heterocycles. The van der Waals surface area contributed by atoms with Crippen molar-refractivity contribution in [3.63, 3.8) is 0 Å². The van der Waals surface area contributed by atoms with E-state index < -0.39 is 6.04 Å². The predicted molar refractivity (Wildman–Crippen MR) is 64.1 cm³/mol. The number of hydrogen-bond donors (Lipinski definition) is 1. The van der Waals surface area contributed by atoms with Gasteiger partial charge in [0.25, 0.3) is 5.91 Å². The van der Waals surface area contributed by atoms with E-state index in [4.69, 9.17) is 0 Å². The third-order valence-electron chi connectivity index (χ3n) is 2.98. The Balaban J connectivity index is 2.12. The molecule has 96 valence electrons. The molecule has 1 N–H and O–H groups in total. The molecule has 3 amide bonds. The van der Waals surface area contributed by atoms with E-state index in [1.165, 1.54) is 12.1 Å². The second kappa shape index (κ2) is 4.76. The minimum atomic E-state index is -0.460. The van der Waals surface area contributed by atoms with Gasteiger partial charge in [-0.3, -0.25) is 9.69 Å². The number of carbonyl (C=O) groups is 2. The van der Waals surface area contributed by atoms with Crippen LogP contribution in [0.25, 0.3) is 0 Å². The van der Waals surface area contributed by atoms with E-state index in [0.717, 1.165) is 10.5 Å². The molecule has 0 bridgehead atoms. The summed E-state index contributed by atoms with van der Waals surface area (Å²) in [6.07, 6.45) is 0. The molecule has 0 saturated carbocycles. The van der Waals surface area contributed by atoms with Crippen LogP contribution in [-0.2, 0) is 11.3 Å². The Hall–Kier alpha value is -1.91. The standard InChI is InChI=1S/C13H15FN2O2/c1-8(2)11-12(17)16(13(18)15-11)7-9-3-5-10(14)6-4-9/h3-6,8,11H,7H2,1-2H3,(H,15,18). The lowest BCUT2D eigenvalue weighted by Crippen LogP contribution is -2.34. The van der Waals surface area contributed by atoms with Crippen molar-refractivity contribution in [2.75, 3.05) is 0 Å². The maximum absolute atomic E-state index is 12.8. The number of benzene rings is 1. The molecule has 2 rings (SSSR count). The fourth-order valence-corrected chi connectivity index (χ4v) is 1.91. The highest BCUT2D eigenvalue weighted by Crippen LogP contribution is 2.16. The molecule has 1 fully saturated rings. The quantitative estimate of drug-likeness (QED) is 0.833. The number of hydrogen-bond acceptors (Lipinski definition) is 2. The minimum absolute atomic E-state index is 0.0552. The van der Waals surface area contributed by atoms with Gasteiger partial charge < -0.3 is 5.32 Å². The van der Waals surface area contributed by atoms with Crippen molar-refractivity contribution in [1.82, 2.24) is 10.2 Å². The molecule has 4 nitrogen and oxygen atoms in total. The Bertz CT molecular complexity index is 470. The van der Waals surface area contributed by atoms with Gasteiger partial charge in [0, 0.05) is 0 Å². The van der Waals surface area contributed by atoms with Crippen LogP contribution in [0.1, 0.15) is 19.4 Å². The summed E-state index contributed by atoms with van der Waals surface area (Å²) in [4.78, 5) is 24.9. The smallest absolute Gasteiger partial charge is 0.325 e. The number of urea groups is 1. The van der Waals surface area contributed by atoms with Gasteiger partial charge in [0.15, 0.2) is 0 Å². The summed E-state index contributed by atoms with van der Waals surface area (Å²) in [5, 5.41) is 2.65. The Morgan fingerprint density at radius 1 is 1.28 bits per heavy atom. The first-order chi connectivity index (χ1) is 8.49. The first kappa shape index (κ1) is 12.5. The molecule has 1 aromatic carbocycles. The normalized spacial score (nSPS) is 19.6.